The summed E-state index contributed by atoms with van der Waals surface area (Å²) in [7, 11) is 1.59. The highest BCUT2D eigenvalue weighted by molar-refractivity contribution is 5.99. The van der Waals surface area contributed by atoms with Crippen molar-refractivity contribution in [3.8, 4) is 11.4 Å². The highest BCUT2D eigenvalue weighted by atomic mass is 19.2. The lowest BCUT2D eigenvalue weighted by molar-refractivity contribution is -0.131. The summed E-state index contributed by atoms with van der Waals surface area (Å²) in [4.78, 5) is 19.4. The molecule has 34 heavy (non-hydrogen) atoms. The van der Waals surface area contributed by atoms with Crippen molar-refractivity contribution < 1.29 is 22.7 Å². The van der Waals surface area contributed by atoms with E-state index in [1.54, 1.807) is 18.3 Å². The normalized spacial score (nSPS) is 21.3. The molecule has 8 heteroatoms. The molecular weight excluding hydrogens is 443 g/mol. The maximum Gasteiger partial charge on any atom is 0.250 e. The smallest absolute Gasteiger partial charge is 0.250 e. The number of carbonyl (C=O) groups excluding carboxylic acids is 1. The highest BCUT2D eigenvalue weighted by Crippen LogP contribution is 2.43. The van der Waals surface area contributed by atoms with Gasteiger partial charge in [0.15, 0.2) is 17.5 Å². The Morgan fingerprint density at radius 1 is 1.09 bits per heavy atom. The molecule has 2 saturated heterocycles. The number of hydrogen-bond acceptors (Lipinski definition) is 3. The Morgan fingerprint density at radius 3 is 2.53 bits per heavy atom. The van der Waals surface area contributed by atoms with E-state index in [9.17, 15) is 18.0 Å². The molecule has 2 aliphatic heterocycles. The second-order valence-electron chi connectivity index (χ2n) is 8.82. The molecule has 2 aromatic carbocycles. The molecule has 3 heterocycles. The zero-order chi connectivity index (χ0) is 24.0. The molecule has 0 unspecified atom stereocenters. The number of ether oxygens (including phenoxy) is 1. The van der Waals surface area contributed by atoms with Gasteiger partial charge < -0.3 is 14.2 Å². The first-order valence-electron chi connectivity index (χ1n) is 11.2. The molecule has 2 atom stereocenters. The number of benzene rings is 2. The van der Waals surface area contributed by atoms with Gasteiger partial charge in [-0.15, -0.1) is 0 Å². The third-order valence-corrected chi connectivity index (χ3v) is 6.68. The van der Waals surface area contributed by atoms with E-state index >= 15 is 0 Å². The monoisotopic (exact) mass is 467 g/mol. The summed E-state index contributed by atoms with van der Waals surface area (Å²) in [6.45, 7) is 1.91. The van der Waals surface area contributed by atoms with E-state index in [1.807, 2.05) is 42.0 Å². The summed E-state index contributed by atoms with van der Waals surface area (Å²) >= 11 is 0. The number of aryl methyl sites for hydroxylation is 1. The SMILES string of the molecule is COc1cc(/C=C2\CC[C@H]3CC[C@@H](c4cc(F)c(F)c(F)c4)N3C2=O)ccc1-n1cnc(C)c1. The number of amides is 1. The fourth-order valence-corrected chi connectivity index (χ4v) is 5.05. The minimum absolute atomic E-state index is 0.00668. The van der Waals surface area contributed by atoms with E-state index in [0.717, 1.165) is 41.9 Å². The Hall–Kier alpha value is -3.55. The van der Waals surface area contributed by atoms with Crippen LogP contribution in [0, 0.1) is 24.4 Å². The molecule has 0 bridgehead atoms. The summed E-state index contributed by atoms with van der Waals surface area (Å²) in [6.07, 6.45) is 8.16. The third kappa shape index (κ3) is 3.87. The molecule has 0 N–H and O–H groups in total. The Bertz CT molecular complexity index is 1280. The molecule has 2 fully saturated rings. The van der Waals surface area contributed by atoms with Crippen molar-refractivity contribution in [3.63, 3.8) is 0 Å². The van der Waals surface area contributed by atoms with Crippen molar-refractivity contribution in [1.82, 2.24) is 14.5 Å². The van der Waals surface area contributed by atoms with Crippen LogP contribution in [-0.4, -0.2) is 33.5 Å². The van der Waals surface area contributed by atoms with Crippen LogP contribution in [0.5, 0.6) is 5.75 Å². The van der Waals surface area contributed by atoms with Gasteiger partial charge in [0.25, 0.3) is 5.91 Å². The minimum atomic E-state index is -1.49. The van der Waals surface area contributed by atoms with Crippen molar-refractivity contribution in [2.24, 2.45) is 0 Å². The van der Waals surface area contributed by atoms with Gasteiger partial charge in [0.05, 0.1) is 30.9 Å². The first-order valence-corrected chi connectivity index (χ1v) is 11.2. The molecule has 5 nitrogen and oxygen atoms in total. The number of piperidine rings is 1. The molecule has 1 amide bonds. The first-order chi connectivity index (χ1) is 16.4. The minimum Gasteiger partial charge on any atom is -0.495 e. The maximum atomic E-state index is 13.9. The van der Waals surface area contributed by atoms with Crippen molar-refractivity contribution in [3.05, 3.63) is 82.7 Å². The number of fused-ring (bicyclic) bond motifs is 1. The summed E-state index contributed by atoms with van der Waals surface area (Å²) in [6, 6.07) is 7.20. The first kappa shape index (κ1) is 22.3. The van der Waals surface area contributed by atoms with Gasteiger partial charge in [-0.05, 0) is 74.1 Å². The Balaban J connectivity index is 1.44. The number of carbonyl (C=O) groups is 1. The average Bonchev–Trinajstić information content (AvgIpc) is 3.45. The van der Waals surface area contributed by atoms with Crippen LogP contribution < -0.4 is 4.74 Å². The van der Waals surface area contributed by atoms with Crippen LogP contribution in [0.3, 0.4) is 0 Å². The number of rotatable bonds is 4. The van der Waals surface area contributed by atoms with Crippen LogP contribution in [0.2, 0.25) is 0 Å². The molecule has 0 spiro atoms. The Morgan fingerprint density at radius 2 is 1.85 bits per heavy atom. The molecule has 2 aliphatic rings. The van der Waals surface area contributed by atoms with E-state index in [-0.39, 0.29) is 17.5 Å². The van der Waals surface area contributed by atoms with Crippen LogP contribution in [-0.2, 0) is 4.79 Å². The van der Waals surface area contributed by atoms with Crippen molar-refractivity contribution in [1.29, 1.82) is 0 Å². The summed E-state index contributed by atoms with van der Waals surface area (Å²) in [5.41, 5.74) is 3.44. The van der Waals surface area contributed by atoms with Crippen molar-refractivity contribution in [2.45, 2.75) is 44.7 Å². The Labute approximate surface area is 195 Å². The number of methoxy groups -OCH3 is 1. The fraction of sp³-hybridized carbons (Fsp3) is 0.308. The van der Waals surface area contributed by atoms with E-state index in [2.05, 4.69) is 4.98 Å². The van der Waals surface area contributed by atoms with E-state index < -0.39 is 23.5 Å². The molecule has 0 radical (unpaired) electrons. The zero-order valence-electron chi connectivity index (χ0n) is 18.9. The summed E-state index contributed by atoms with van der Waals surface area (Å²) in [5, 5.41) is 0. The van der Waals surface area contributed by atoms with Gasteiger partial charge in [-0.3, -0.25) is 4.79 Å². The van der Waals surface area contributed by atoms with Gasteiger partial charge in [-0.2, -0.15) is 0 Å². The molecule has 176 valence electrons. The average molecular weight is 467 g/mol. The van der Waals surface area contributed by atoms with Gasteiger partial charge in [0, 0.05) is 17.8 Å². The maximum absolute atomic E-state index is 13.9. The van der Waals surface area contributed by atoms with Crippen molar-refractivity contribution in [2.75, 3.05) is 7.11 Å². The van der Waals surface area contributed by atoms with Crippen LogP contribution in [0.1, 0.15) is 48.5 Å². The quantitative estimate of drug-likeness (QED) is 0.375. The van der Waals surface area contributed by atoms with E-state index in [0.29, 0.717) is 24.2 Å². The van der Waals surface area contributed by atoms with Crippen molar-refractivity contribution >= 4 is 12.0 Å². The summed E-state index contributed by atoms with van der Waals surface area (Å²) < 4.78 is 48.6. The lowest BCUT2D eigenvalue weighted by Gasteiger charge is -2.35. The molecule has 3 aromatic rings. The fourth-order valence-electron chi connectivity index (χ4n) is 5.05. The van der Waals surface area contributed by atoms with Crippen LogP contribution >= 0.6 is 0 Å². The largest absolute Gasteiger partial charge is 0.495 e. The second kappa shape index (κ2) is 8.66. The van der Waals surface area contributed by atoms with E-state index in [4.69, 9.17) is 4.74 Å². The van der Waals surface area contributed by atoms with Gasteiger partial charge in [-0.25, -0.2) is 18.2 Å². The standard InChI is InChI=1S/C26H24F3N3O2/c1-15-13-31(14-30-15)23-7-3-16(10-24(23)34-2)9-17-4-5-19-6-8-22(32(19)26(17)33)18-11-20(27)25(29)21(28)12-18/h3,7,9-14,19,22H,4-6,8H2,1-2H3/b17-9+/t19-,22-/m0/s1. The highest BCUT2D eigenvalue weighted by Gasteiger charge is 2.42. The third-order valence-electron chi connectivity index (χ3n) is 6.68. The van der Waals surface area contributed by atoms with Crippen LogP contribution in [0.4, 0.5) is 13.2 Å². The lowest BCUT2D eigenvalue weighted by atomic mass is 9.95. The van der Waals surface area contributed by atoms with Gasteiger partial charge in [0.2, 0.25) is 0 Å². The molecule has 5 rings (SSSR count). The van der Waals surface area contributed by atoms with Gasteiger partial charge >= 0.3 is 0 Å². The predicted octanol–water partition coefficient (Wildman–Crippen LogP) is 5.52. The second-order valence-corrected chi connectivity index (χ2v) is 8.82. The molecular formula is C26H24F3N3O2. The zero-order valence-corrected chi connectivity index (χ0v) is 18.9. The number of halogens is 3. The van der Waals surface area contributed by atoms with Crippen LogP contribution in [0.15, 0.2) is 48.4 Å². The number of imidazole rings is 1. The molecule has 1 aromatic heterocycles. The van der Waals surface area contributed by atoms with Gasteiger partial charge in [-0.1, -0.05) is 6.07 Å². The summed E-state index contributed by atoms with van der Waals surface area (Å²) in [5.74, 6) is -3.48. The molecule has 0 aliphatic carbocycles. The number of nitrogens with zero attached hydrogens (tertiary/aromatic N) is 3. The topological polar surface area (TPSA) is 47.4 Å². The van der Waals surface area contributed by atoms with Gasteiger partial charge in [0.1, 0.15) is 5.75 Å². The molecule has 0 saturated carbocycles. The Kier molecular flexibility index (Phi) is 5.67. The number of aromatic nitrogens is 2. The predicted molar refractivity (Wildman–Crippen MR) is 121 cm³/mol. The lowest BCUT2D eigenvalue weighted by Crippen LogP contribution is -2.41. The van der Waals surface area contributed by atoms with E-state index in [1.165, 1.54) is 0 Å². The van der Waals surface area contributed by atoms with Crippen LogP contribution in [0.25, 0.3) is 11.8 Å². The number of hydrogen-bond donors (Lipinski definition) is 0.